The van der Waals surface area contributed by atoms with Gasteiger partial charge in [0.2, 0.25) is 10.0 Å². The summed E-state index contributed by atoms with van der Waals surface area (Å²) < 4.78 is 32.9. The Labute approximate surface area is 126 Å². The molecule has 106 valence electrons. The molecule has 1 aromatic carbocycles. The molecule has 0 radical (unpaired) electrons. The van der Waals surface area contributed by atoms with Gasteiger partial charge in [0.15, 0.2) is 0 Å². The number of rotatable bonds is 4. The van der Waals surface area contributed by atoms with Crippen molar-refractivity contribution in [3.8, 4) is 0 Å². The third kappa shape index (κ3) is 3.70. The normalized spacial score (nSPS) is 19.8. The number of hydrogen-bond acceptors (Lipinski definition) is 3. The van der Waals surface area contributed by atoms with Gasteiger partial charge in [-0.25, -0.2) is 13.1 Å². The predicted octanol–water partition coefficient (Wildman–Crippen LogP) is 2.87. The van der Waals surface area contributed by atoms with Gasteiger partial charge in [-0.1, -0.05) is 11.6 Å². The Bertz CT molecular complexity index is 571. The van der Waals surface area contributed by atoms with Crippen molar-refractivity contribution in [1.82, 2.24) is 4.72 Å². The molecule has 1 aliphatic heterocycles. The van der Waals surface area contributed by atoms with E-state index in [0.717, 1.165) is 18.4 Å². The highest BCUT2D eigenvalue weighted by atomic mass is 79.9. The van der Waals surface area contributed by atoms with E-state index in [0.29, 0.717) is 22.6 Å². The average molecular weight is 369 g/mol. The number of benzene rings is 1. The summed E-state index contributed by atoms with van der Waals surface area (Å²) in [7, 11) is -3.58. The van der Waals surface area contributed by atoms with E-state index < -0.39 is 10.0 Å². The van der Waals surface area contributed by atoms with Gasteiger partial charge in [-0.2, -0.15) is 0 Å². The van der Waals surface area contributed by atoms with Gasteiger partial charge in [-0.15, -0.1) is 0 Å². The van der Waals surface area contributed by atoms with Gasteiger partial charge >= 0.3 is 0 Å². The molecule has 0 spiro atoms. The van der Waals surface area contributed by atoms with Crippen molar-refractivity contribution in [3.05, 3.63) is 27.2 Å². The van der Waals surface area contributed by atoms with Gasteiger partial charge in [0.05, 0.1) is 11.0 Å². The molecule has 1 atom stereocenters. The Morgan fingerprint density at radius 3 is 2.89 bits per heavy atom. The number of ether oxygens (including phenoxy) is 1. The van der Waals surface area contributed by atoms with Crippen LogP contribution >= 0.6 is 27.5 Å². The van der Waals surface area contributed by atoms with Crippen LogP contribution in [0.25, 0.3) is 0 Å². The van der Waals surface area contributed by atoms with Crippen LogP contribution in [0.2, 0.25) is 5.02 Å². The number of nitrogens with one attached hydrogen (secondary N) is 1. The highest BCUT2D eigenvalue weighted by molar-refractivity contribution is 9.10. The first-order valence-electron chi connectivity index (χ1n) is 5.97. The largest absolute Gasteiger partial charge is 0.377 e. The summed E-state index contributed by atoms with van der Waals surface area (Å²) in [5, 5.41) is 0.431. The third-order valence-electron chi connectivity index (χ3n) is 3.03. The molecule has 1 N–H and O–H groups in total. The van der Waals surface area contributed by atoms with Gasteiger partial charge in [-0.3, -0.25) is 0 Å². The van der Waals surface area contributed by atoms with Crippen molar-refractivity contribution in [2.24, 2.45) is 0 Å². The Morgan fingerprint density at radius 2 is 2.26 bits per heavy atom. The SMILES string of the molecule is Cc1cc(Br)c(S(=O)(=O)NCC2CCCO2)cc1Cl. The molecule has 0 bridgehead atoms. The van der Waals surface area contributed by atoms with E-state index in [1.165, 1.54) is 6.07 Å². The van der Waals surface area contributed by atoms with Crippen LogP contribution in [0.5, 0.6) is 0 Å². The van der Waals surface area contributed by atoms with Crippen molar-refractivity contribution in [2.45, 2.75) is 30.8 Å². The molecule has 1 unspecified atom stereocenters. The van der Waals surface area contributed by atoms with Crippen molar-refractivity contribution >= 4 is 37.6 Å². The van der Waals surface area contributed by atoms with Crippen LogP contribution in [-0.4, -0.2) is 27.7 Å². The average Bonchev–Trinajstić information content (AvgIpc) is 2.84. The quantitative estimate of drug-likeness (QED) is 0.889. The van der Waals surface area contributed by atoms with Crippen molar-refractivity contribution in [3.63, 3.8) is 0 Å². The molecule has 0 saturated carbocycles. The van der Waals surface area contributed by atoms with E-state index in [1.807, 2.05) is 6.92 Å². The van der Waals surface area contributed by atoms with Crippen LogP contribution in [0.3, 0.4) is 0 Å². The number of sulfonamides is 1. The maximum atomic E-state index is 12.2. The summed E-state index contributed by atoms with van der Waals surface area (Å²) in [5.74, 6) is 0. The second-order valence-corrected chi connectivity index (χ2v) is 7.52. The zero-order valence-electron chi connectivity index (χ0n) is 10.4. The van der Waals surface area contributed by atoms with Crippen LogP contribution < -0.4 is 4.72 Å². The standard InChI is InChI=1S/C12H15BrClNO3S/c1-8-5-10(13)12(6-11(8)14)19(16,17)15-7-9-3-2-4-18-9/h5-6,9,15H,2-4,7H2,1H3. The molecule has 2 rings (SSSR count). The lowest BCUT2D eigenvalue weighted by Gasteiger charge is -2.13. The fraction of sp³-hybridized carbons (Fsp3) is 0.500. The highest BCUT2D eigenvalue weighted by Crippen LogP contribution is 2.28. The van der Waals surface area contributed by atoms with Crippen molar-refractivity contribution in [2.75, 3.05) is 13.2 Å². The van der Waals surface area contributed by atoms with E-state index in [1.54, 1.807) is 6.07 Å². The first-order chi connectivity index (χ1) is 8.90. The minimum Gasteiger partial charge on any atom is -0.377 e. The zero-order chi connectivity index (χ0) is 14.0. The first-order valence-corrected chi connectivity index (χ1v) is 8.62. The molecule has 1 fully saturated rings. The second kappa shape index (κ2) is 6.10. The molecule has 1 aromatic rings. The fourth-order valence-corrected chi connectivity index (χ4v) is 4.39. The van der Waals surface area contributed by atoms with Crippen molar-refractivity contribution < 1.29 is 13.2 Å². The summed E-state index contributed by atoms with van der Waals surface area (Å²) in [4.78, 5) is 0.154. The summed E-state index contributed by atoms with van der Waals surface area (Å²) in [6.07, 6.45) is 1.83. The van der Waals surface area contributed by atoms with Crippen LogP contribution in [0.15, 0.2) is 21.5 Å². The van der Waals surface area contributed by atoms with Crippen LogP contribution in [0, 0.1) is 6.92 Å². The maximum Gasteiger partial charge on any atom is 0.241 e. The van der Waals surface area contributed by atoms with E-state index in [4.69, 9.17) is 16.3 Å². The van der Waals surface area contributed by atoms with Crippen LogP contribution in [0.1, 0.15) is 18.4 Å². The van der Waals surface area contributed by atoms with Crippen LogP contribution in [-0.2, 0) is 14.8 Å². The second-order valence-electron chi connectivity index (χ2n) is 4.52. The Hall–Kier alpha value is -0.140. The van der Waals surface area contributed by atoms with E-state index in [2.05, 4.69) is 20.7 Å². The lowest BCUT2D eigenvalue weighted by Crippen LogP contribution is -2.32. The molecule has 0 amide bonds. The maximum absolute atomic E-state index is 12.2. The van der Waals surface area contributed by atoms with E-state index >= 15 is 0 Å². The Morgan fingerprint density at radius 1 is 1.53 bits per heavy atom. The molecule has 1 heterocycles. The molecule has 0 aliphatic carbocycles. The summed E-state index contributed by atoms with van der Waals surface area (Å²) in [6.45, 7) is 2.82. The smallest absolute Gasteiger partial charge is 0.241 e. The molecule has 1 saturated heterocycles. The third-order valence-corrected chi connectivity index (χ3v) is 5.82. The zero-order valence-corrected chi connectivity index (χ0v) is 13.6. The number of hydrogen-bond donors (Lipinski definition) is 1. The van der Waals surface area contributed by atoms with Gasteiger partial charge in [0.25, 0.3) is 0 Å². The van der Waals surface area contributed by atoms with Crippen LogP contribution in [0.4, 0.5) is 0 Å². The fourth-order valence-electron chi connectivity index (χ4n) is 1.92. The summed E-state index contributed by atoms with van der Waals surface area (Å²) in [6, 6.07) is 3.15. The Balaban J connectivity index is 2.16. The van der Waals surface area contributed by atoms with Gasteiger partial charge in [0.1, 0.15) is 0 Å². The lowest BCUT2D eigenvalue weighted by molar-refractivity contribution is 0.114. The monoisotopic (exact) mass is 367 g/mol. The van der Waals surface area contributed by atoms with Gasteiger partial charge in [0, 0.05) is 22.6 Å². The molecular formula is C12H15BrClNO3S. The molecule has 7 heteroatoms. The topological polar surface area (TPSA) is 55.4 Å². The Kier molecular flexibility index (Phi) is 4.89. The number of aryl methyl sites for hydroxylation is 1. The highest BCUT2D eigenvalue weighted by Gasteiger charge is 2.22. The first kappa shape index (κ1) is 15.3. The molecular weight excluding hydrogens is 354 g/mol. The van der Waals surface area contributed by atoms with Crippen molar-refractivity contribution in [1.29, 1.82) is 0 Å². The summed E-state index contributed by atoms with van der Waals surface area (Å²) >= 11 is 9.24. The molecule has 4 nitrogen and oxygen atoms in total. The molecule has 1 aliphatic rings. The molecule has 0 aromatic heterocycles. The number of halogens is 2. The lowest BCUT2D eigenvalue weighted by atomic mass is 10.2. The minimum absolute atomic E-state index is 0.0329. The molecule has 19 heavy (non-hydrogen) atoms. The van der Waals surface area contributed by atoms with Gasteiger partial charge in [-0.05, 0) is 53.4 Å². The predicted molar refractivity (Wildman–Crippen MR) is 78.1 cm³/mol. The minimum atomic E-state index is -3.58. The van der Waals surface area contributed by atoms with E-state index in [9.17, 15) is 8.42 Å². The summed E-state index contributed by atoms with van der Waals surface area (Å²) in [5.41, 5.74) is 0.826. The van der Waals surface area contributed by atoms with E-state index in [-0.39, 0.29) is 11.0 Å². The van der Waals surface area contributed by atoms with Gasteiger partial charge < -0.3 is 4.74 Å².